The van der Waals surface area contributed by atoms with Gasteiger partial charge in [-0.25, -0.2) is 13.2 Å². The highest BCUT2D eigenvalue weighted by Crippen LogP contribution is 2.35. The number of hydrogen-bond acceptors (Lipinski definition) is 1. The van der Waals surface area contributed by atoms with Gasteiger partial charge in [0.2, 0.25) is 0 Å². The van der Waals surface area contributed by atoms with Gasteiger partial charge in [-0.15, -0.1) is 0 Å². The van der Waals surface area contributed by atoms with Crippen molar-refractivity contribution in [3.05, 3.63) is 65.5 Å². The standard InChI is InChI=1S/C22H21F3O/c1-3-4-5-6-14-7-9-15(10-8-14)17-13-16-11-12-18(26-2)21(24)19(16)22(25)20(17)23/h7-13H,3-6H2,1-2H3. The van der Waals surface area contributed by atoms with Gasteiger partial charge >= 0.3 is 0 Å². The Balaban J connectivity index is 2.02. The van der Waals surface area contributed by atoms with Crippen LogP contribution in [-0.4, -0.2) is 7.11 Å². The molecular weight excluding hydrogens is 337 g/mol. The third-order valence-electron chi connectivity index (χ3n) is 4.64. The van der Waals surface area contributed by atoms with Crippen LogP contribution in [0, 0.1) is 17.5 Å². The van der Waals surface area contributed by atoms with Crippen LogP contribution in [0.4, 0.5) is 13.2 Å². The second-order valence-corrected chi connectivity index (χ2v) is 6.39. The van der Waals surface area contributed by atoms with Gasteiger partial charge in [0.15, 0.2) is 23.2 Å². The summed E-state index contributed by atoms with van der Waals surface area (Å²) in [4.78, 5) is 0. The second kappa shape index (κ2) is 7.81. The summed E-state index contributed by atoms with van der Waals surface area (Å²) < 4.78 is 48.3. The Kier molecular flexibility index (Phi) is 5.50. The summed E-state index contributed by atoms with van der Waals surface area (Å²) >= 11 is 0. The lowest BCUT2D eigenvalue weighted by Gasteiger charge is -2.11. The molecule has 4 heteroatoms. The van der Waals surface area contributed by atoms with E-state index in [-0.39, 0.29) is 16.7 Å². The number of aryl methyl sites for hydroxylation is 1. The number of rotatable bonds is 6. The van der Waals surface area contributed by atoms with E-state index in [1.807, 2.05) is 12.1 Å². The highest BCUT2D eigenvalue weighted by atomic mass is 19.2. The smallest absolute Gasteiger partial charge is 0.175 e. The molecule has 0 amide bonds. The minimum Gasteiger partial charge on any atom is -0.494 e. The SMILES string of the molecule is CCCCCc1ccc(-c2cc3ccc(OC)c(F)c3c(F)c2F)cc1. The van der Waals surface area contributed by atoms with Gasteiger partial charge in [0, 0.05) is 5.56 Å². The Bertz CT molecular complexity index is 917. The minimum atomic E-state index is -1.19. The quantitative estimate of drug-likeness (QED) is 0.447. The molecule has 0 aliphatic rings. The van der Waals surface area contributed by atoms with E-state index in [0.717, 1.165) is 19.3 Å². The van der Waals surface area contributed by atoms with Crippen LogP contribution in [0.1, 0.15) is 31.7 Å². The van der Waals surface area contributed by atoms with Crippen LogP contribution in [0.15, 0.2) is 42.5 Å². The van der Waals surface area contributed by atoms with Crippen LogP contribution in [0.5, 0.6) is 5.75 Å². The summed E-state index contributed by atoms with van der Waals surface area (Å²) in [5, 5.41) is -0.0917. The van der Waals surface area contributed by atoms with Crippen molar-refractivity contribution in [1.82, 2.24) is 0 Å². The van der Waals surface area contributed by atoms with Gasteiger partial charge in [-0.05, 0) is 41.5 Å². The van der Waals surface area contributed by atoms with Gasteiger partial charge in [0.25, 0.3) is 0 Å². The predicted molar refractivity (Wildman–Crippen MR) is 99.0 cm³/mol. The number of halogens is 3. The molecule has 3 rings (SSSR count). The van der Waals surface area contributed by atoms with Crippen LogP contribution in [0.25, 0.3) is 21.9 Å². The monoisotopic (exact) mass is 358 g/mol. The number of ether oxygens (including phenoxy) is 1. The molecule has 3 aromatic rings. The van der Waals surface area contributed by atoms with E-state index in [0.29, 0.717) is 10.9 Å². The molecule has 0 saturated heterocycles. The zero-order valence-electron chi connectivity index (χ0n) is 14.9. The van der Waals surface area contributed by atoms with Crippen LogP contribution >= 0.6 is 0 Å². The molecule has 3 aromatic carbocycles. The molecule has 0 fully saturated rings. The lowest BCUT2D eigenvalue weighted by atomic mass is 9.97. The van der Waals surface area contributed by atoms with Gasteiger partial charge in [-0.1, -0.05) is 50.1 Å². The number of unbranched alkanes of at least 4 members (excludes halogenated alkanes) is 2. The Morgan fingerprint density at radius 3 is 2.23 bits per heavy atom. The third-order valence-corrected chi connectivity index (χ3v) is 4.64. The first-order valence-corrected chi connectivity index (χ1v) is 8.80. The molecule has 0 unspecified atom stereocenters. The van der Waals surface area contributed by atoms with Crippen LogP contribution in [0.3, 0.4) is 0 Å². The molecule has 0 atom stereocenters. The minimum absolute atomic E-state index is 0.111. The normalized spacial score (nSPS) is 11.1. The maximum atomic E-state index is 14.6. The topological polar surface area (TPSA) is 9.23 Å². The third kappa shape index (κ3) is 3.41. The number of benzene rings is 3. The molecule has 0 radical (unpaired) electrons. The summed E-state index contributed by atoms with van der Waals surface area (Å²) in [7, 11) is 1.29. The lowest BCUT2D eigenvalue weighted by Crippen LogP contribution is -1.97. The number of methoxy groups -OCH3 is 1. The van der Waals surface area contributed by atoms with Crippen molar-refractivity contribution in [3.63, 3.8) is 0 Å². The van der Waals surface area contributed by atoms with Gasteiger partial charge < -0.3 is 4.74 Å². The van der Waals surface area contributed by atoms with Crippen LogP contribution < -0.4 is 4.74 Å². The molecule has 0 aromatic heterocycles. The van der Waals surface area contributed by atoms with E-state index in [1.165, 1.54) is 37.3 Å². The van der Waals surface area contributed by atoms with Gasteiger partial charge in [-0.2, -0.15) is 0 Å². The summed E-state index contributed by atoms with van der Waals surface area (Å²) in [6.07, 6.45) is 4.39. The molecule has 1 nitrogen and oxygen atoms in total. The molecule has 0 aliphatic carbocycles. The number of fused-ring (bicyclic) bond motifs is 1. The van der Waals surface area contributed by atoms with Crippen molar-refractivity contribution in [2.45, 2.75) is 32.6 Å². The fourth-order valence-electron chi connectivity index (χ4n) is 3.16. The highest BCUT2D eigenvalue weighted by Gasteiger charge is 2.19. The highest BCUT2D eigenvalue weighted by molar-refractivity contribution is 5.90. The molecule has 136 valence electrons. The molecule has 0 N–H and O–H groups in total. The average Bonchev–Trinajstić information content (AvgIpc) is 2.65. The molecule has 0 aliphatic heterocycles. The van der Waals surface area contributed by atoms with Gasteiger partial charge in [0.05, 0.1) is 12.5 Å². The summed E-state index contributed by atoms with van der Waals surface area (Å²) in [5.41, 5.74) is 1.86. The van der Waals surface area contributed by atoms with Gasteiger partial charge in [0.1, 0.15) is 0 Å². The Labute approximate surface area is 151 Å². The predicted octanol–water partition coefficient (Wildman–Crippen LogP) is 6.67. The van der Waals surface area contributed by atoms with E-state index < -0.39 is 17.5 Å². The first-order valence-electron chi connectivity index (χ1n) is 8.80. The number of hydrogen-bond donors (Lipinski definition) is 0. The fourth-order valence-corrected chi connectivity index (χ4v) is 3.16. The lowest BCUT2D eigenvalue weighted by molar-refractivity contribution is 0.388. The van der Waals surface area contributed by atoms with E-state index in [1.54, 1.807) is 12.1 Å². The zero-order chi connectivity index (χ0) is 18.7. The first kappa shape index (κ1) is 18.3. The maximum Gasteiger partial charge on any atom is 0.175 e. The largest absolute Gasteiger partial charge is 0.494 e. The summed E-state index contributed by atoms with van der Waals surface area (Å²) in [5.74, 6) is -3.25. The molecule has 0 bridgehead atoms. The van der Waals surface area contributed by atoms with Crippen LogP contribution in [0.2, 0.25) is 0 Å². The fraction of sp³-hybridized carbons (Fsp3) is 0.273. The van der Waals surface area contributed by atoms with E-state index in [4.69, 9.17) is 4.74 Å². The molecule has 0 saturated carbocycles. The van der Waals surface area contributed by atoms with Crippen molar-refractivity contribution in [3.8, 4) is 16.9 Å². The molecule has 26 heavy (non-hydrogen) atoms. The van der Waals surface area contributed by atoms with Crippen LogP contribution in [-0.2, 0) is 6.42 Å². The van der Waals surface area contributed by atoms with Crippen molar-refractivity contribution < 1.29 is 17.9 Å². The summed E-state index contributed by atoms with van der Waals surface area (Å²) in [6, 6.07) is 11.8. The Morgan fingerprint density at radius 1 is 0.846 bits per heavy atom. The Morgan fingerprint density at radius 2 is 1.58 bits per heavy atom. The zero-order valence-corrected chi connectivity index (χ0v) is 14.9. The van der Waals surface area contributed by atoms with E-state index in [2.05, 4.69) is 6.92 Å². The summed E-state index contributed by atoms with van der Waals surface area (Å²) in [6.45, 7) is 2.15. The van der Waals surface area contributed by atoms with E-state index >= 15 is 0 Å². The maximum absolute atomic E-state index is 14.6. The van der Waals surface area contributed by atoms with Crippen molar-refractivity contribution >= 4 is 10.8 Å². The Hall–Kier alpha value is -2.49. The van der Waals surface area contributed by atoms with Gasteiger partial charge in [-0.3, -0.25) is 0 Å². The van der Waals surface area contributed by atoms with E-state index in [9.17, 15) is 13.2 Å². The molecular formula is C22H21F3O. The first-order chi connectivity index (χ1) is 12.6. The molecule has 0 heterocycles. The average molecular weight is 358 g/mol. The van der Waals surface area contributed by atoms with Crippen molar-refractivity contribution in [2.75, 3.05) is 7.11 Å². The van der Waals surface area contributed by atoms with Crippen molar-refractivity contribution in [1.29, 1.82) is 0 Å². The molecule has 0 spiro atoms. The van der Waals surface area contributed by atoms with Crippen molar-refractivity contribution in [2.24, 2.45) is 0 Å². The second-order valence-electron chi connectivity index (χ2n) is 6.39.